The lowest BCUT2D eigenvalue weighted by Gasteiger charge is -2.16. The van der Waals surface area contributed by atoms with E-state index in [1.54, 1.807) is 6.07 Å². The molecule has 0 atom stereocenters. The van der Waals surface area contributed by atoms with Crippen molar-refractivity contribution in [3.05, 3.63) is 28.2 Å². The lowest BCUT2D eigenvalue weighted by atomic mass is 10.4. The van der Waals surface area contributed by atoms with E-state index in [1.165, 1.54) is 5.19 Å². The smallest absolute Gasteiger partial charge is 0.0777 e. The van der Waals surface area contributed by atoms with Crippen LogP contribution >= 0.6 is 23.2 Å². The molecule has 0 aliphatic heterocycles. The maximum atomic E-state index is 5.89. The lowest BCUT2D eigenvalue weighted by Crippen LogP contribution is -2.37. The zero-order valence-corrected chi connectivity index (χ0v) is 10.00. The van der Waals surface area contributed by atoms with E-state index in [1.807, 2.05) is 12.1 Å². The van der Waals surface area contributed by atoms with Crippen LogP contribution in [0.15, 0.2) is 18.2 Å². The Balaban J connectivity index is 3.18. The van der Waals surface area contributed by atoms with Gasteiger partial charge in [-0.25, -0.2) is 0 Å². The zero-order chi connectivity index (χ0) is 9.35. The van der Waals surface area contributed by atoms with Crippen molar-refractivity contribution < 1.29 is 0 Å². The summed E-state index contributed by atoms with van der Waals surface area (Å²) in [6.07, 6.45) is 0. The van der Waals surface area contributed by atoms with Gasteiger partial charge in [-0.15, -0.1) is 0 Å². The van der Waals surface area contributed by atoms with Crippen LogP contribution in [0.1, 0.15) is 0 Å². The van der Waals surface area contributed by atoms with Crippen molar-refractivity contribution in [2.45, 2.75) is 19.6 Å². The van der Waals surface area contributed by atoms with Crippen molar-refractivity contribution in [1.82, 2.24) is 0 Å². The summed E-state index contributed by atoms with van der Waals surface area (Å²) in [6, 6.07) is 5.80. The standard InChI is InChI=1S/C9H12Cl2Si/c1-12(2,3)9-5-7(10)4-8(11)6-9/h4-6H,1-3H3. The van der Waals surface area contributed by atoms with E-state index >= 15 is 0 Å². The van der Waals surface area contributed by atoms with Gasteiger partial charge in [0.05, 0.1) is 8.07 Å². The minimum Gasteiger partial charge on any atom is -0.0843 e. The molecule has 0 fully saturated rings. The average Bonchev–Trinajstić information content (AvgIpc) is 1.82. The number of hydrogen-bond donors (Lipinski definition) is 0. The Bertz CT molecular complexity index is 269. The molecular weight excluding hydrogens is 207 g/mol. The number of rotatable bonds is 1. The summed E-state index contributed by atoms with van der Waals surface area (Å²) in [4.78, 5) is 0. The number of halogens is 2. The van der Waals surface area contributed by atoms with Crippen LogP contribution in [0, 0.1) is 0 Å². The summed E-state index contributed by atoms with van der Waals surface area (Å²) in [5.41, 5.74) is 0. The molecule has 12 heavy (non-hydrogen) atoms. The monoisotopic (exact) mass is 218 g/mol. The van der Waals surface area contributed by atoms with E-state index in [-0.39, 0.29) is 0 Å². The average molecular weight is 219 g/mol. The summed E-state index contributed by atoms with van der Waals surface area (Å²) in [6.45, 7) is 6.82. The van der Waals surface area contributed by atoms with Crippen LogP contribution in [-0.4, -0.2) is 8.07 Å². The van der Waals surface area contributed by atoms with Crippen molar-refractivity contribution in [3.63, 3.8) is 0 Å². The molecule has 0 aromatic heterocycles. The van der Waals surface area contributed by atoms with Crippen LogP contribution in [0.4, 0.5) is 0 Å². The highest BCUT2D eigenvalue weighted by Crippen LogP contribution is 2.16. The van der Waals surface area contributed by atoms with Gasteiger partial charge in [0.2, 0.25) is 0 Å². The van der Waals surface area contributed by atoms with Gasteiger partial charge in [-0.1, -0.05) is 48.0 Å². The lowest BCUT2D eigenvalue weighted by molar-refractivity contribution is 1.68. The largest absolute Gasteiger partial charge is 0.0843 e. The summed E-state index contributed by atoms with van der Waals surface area (Å²) in [7, 11) is -1.26. The predicted octanol–water partition coefficient (Wildman–Crippen LogP) is 3.54. The van der Waals surface area contributed by atoms with Gasteiger partial charge in [-0.2, -0.15) is 0 Å². The zero-order valence-electron chi connectivity index (χ0n) is 7.49. The van der Waals surface area contributed by atoms with Crippen molar-refractivity contribution in [2.75, 3.05) is 0 Å². The quantitative estimate of drug-likeness (QED) is 0.634. The maximum absolute atomic E-state index is 5.89. The SMILES string of the molecule is C[Si](C)(C)c1cc(Cl)cc(Cl)c1. The van der Waals surface area contributed by atoms with Gasteiger partial charge < -0.3 is 0 Å². The van der Waals surface area contributed by atoms with Crippen LogP contribution < -0.4 is 5.19 Å². The minimum absolute atomic E-state index is 0.736. The Morgan fingerprint density at radius 3 is 1.67 bits per heavy atom. The molecule has 0 spiro atoms. The summed E-state index contributed by atoms with van der Waals surface area (Å²) in [5, 5.41) is 2.78. The molecule has 0 N–H and O–H groups in total. The second-order valence-corrected chi connectivity index (χ2v) is 9.86. The van der Waals surface area contributed by atoms with Gasteiger partial charge in [-0.05, 0) is 18.2 Å². The fourth-order valence-electron chi connectivity index (χ4n) is 0.987. The highest BCUT2D eigenvalue weighted by molar-refractivity contribution is 6.88. The first-order valence-electron chi connectivity index (χ1n) is 3.86. The maximum Gasteiger partial charge on any atom is 0.0777 e. The van der Waals surface area contributed by atoms with E-state index in [0.29, 0.717) is 0 Å². The molecule has 0 saturated carbocycles. The third-order valence-corrected chi connectivity index (χ3v) is 4.19. The fourth-order valence-corrected chi connectivity index (χ4v) is 2.87. The van der Waals surface area contributed by atoms with E-state index < -0.39 is 8.07 Å². The molecule has 0 aliphatic carbocycles. The van der Waals surface area contributed by atoms with Crippen LogP contribution in [0.25, 0.3) is 0 Å². The Kier molecular flexibility index (Phi) is 2.87. The predicted molar refractivity (Wildman–Crippen MR) is 59.4 cm³/mol. The first-order chi connectivity index (χ1) is 5.39. The first kappa shape index (κ1) is 10.1. The molecule has 0 aliphatic rings. The Morgan fingerprint density at radius 1 is 0.917 bits per heavy atom. The van der Waals surface area contributed by atoms with E-state index in [2.05, 4.69) is 19.6 Å². The third kappa shape index (κ3) is 2.51. The van der Waals surface area contributed by atoms with E-state index in [0.717, 1.165) is 10.0 Å². The third-order valence-electron chi connectivity index (χ3n) is 1.73. The van der Waals surface area contributed by atoms with Crippen molar-refractivity contribution >= 4 is 36.5 Å². The summed E-state index contributed by atoms with van der Waals surface area (Å²) in [5.74, 6) is 0. The molecule has 0 saturated heterocycles. The molecule has 0 radical (unpaired) electrons. The Labute approximate surface area is 84.5 Å². The Morgan fingerprint density at radius 2 is 1.33 bits per heavy atom. The van der Waals surface area contributed by atoms with Crippen LogP contribution in [0.2, 0.25) is 29.7 Å². The normalized spacial score (nSPS) is 11.8. The van der Waals surface area contributed by atoms with Gasteiger partial charge in [0.1, 0.15) is 0 Å². The summed E-state index contributed by atoms with van der Waals surface area (Å²) < 4.78 is 0. The molecular formula is C9H12Cl2Si. The highest BCUT2D eigenvalue weighted by atomic mass is 35.5. The number of hydrogen-bond acceptors (Lipinski definition) is 0. The van der Waals surface area contributed by atoms with Gasteiger partial charge in [-0.3, -0.25) is 0 Å². The topological polar surface area (TPSA) is 0 Å². The molecule has 1 aromatic carbocycles. The Hall–Kier alpha value is 0.0169. The van der Waals surface area contributed by atoms with Crippen LogP contribution in [-0.2, 0) is 0 Å². The van der Waals surface area contributed by atoms with Gasteiger partial charge >= 0.3 is 0 Å². The molecule has 0 heterocycles. The molecule has 0 bridgehead atoms. The first-order valence-corrected chi connectivity index (χ1v) is 8.12. The molecule has 1 rings (SSSR count). The highest BCUT2D eigenvalue weighted by Gasteiger charge is 2.16. The fraction of sp³-hybridized carbons (Fsp3) is 0.333. The molecule has 3 heteroatoms. The van der Waals surface area contributed by atoms with E-state index in [4.69, 9.17) is 23.2 Å². The van der Waals surface area contributed by atoms with Crippen molar-refractivity contribution in [1.29, 1.82) is 0 Å². The molecule has 66 valence electrons. The van der Waals surface area contributed by atoms with Gasteiger partial charge in [0, 0.05) is 10.0 Å². The van der Waals surface area contributed by atoms with E-state index in [9.17, 15) is 0 Å². The molecule has 0 amide bonds. The van der Waals surface area contributed by atoms with Crippen LogP contribution in [0.5, 0.6) is 0 Å². The second kappa shape index (κ2) is 3.41. The van der Waals surface area contributed by atoms with Crippen molar-refractivity contribution in [2.24, 2.45) is 0 Å². The molecule has 1 aromatic rings. The summed E-state index contributed by atoms with van der Waals surface area (Å²) >= 11 is 11.8. The molecule has 0 unspecified atom stereocenters. The van der Waals surface area contributed by atoms with Crippen molar-refractivity contribution in [3.8, 4) is 0 Å². The van der Waals surface area contributed by atoms with Crippen LogP contribution in [0.3, 0.4) is 0 Å². The minimum atomic E-state index is -1.26. The number of benzene rings is 1. The molecule has 0 nitrogen and oxygen atoms in total. The van der Waals surface area contributed by atoms with Gasteiger partial charge in [0.25, 0.3) is 0 Å². The van der Waals surface area contributed by atoms with Gasteiger partial charge in [0.15, 0.2) is 0 Å². The second-order valence-electron chi connectivity index (χ2n) is 3.91.